The summed E-state index contributed by atoms with van der Waals surface area (Å²) >= 11 is 0. The van der Waals surface area contributed by atoms with E-state index in [9.17, 15) is 0 Å². The molecule has 4 heteroatoms. The molecule has 0 aliphatic rings. The third-order valence-corrected chi connectivity index (χ3v) is 3.13. The summed E-state index contributed by atoms with van der Waals surface area (Å²) in [6.45, 7) is 5.32. The van der Waals surface area contributed by atoms with Crippen LogP contribution in [0, 0.1) is 5.92 Å². The molecular formula is C12H18N4. The number of nitrogens with two attached hydrogens (primary N) is 1. The second kappa shape index (κ2) is 4.51. The molecule has 0 amide bonds. The third-order valence-electron chi connectivity index (χ3n) is 3.13. The lowest BCUT2D eigenvalue weighted by Gasteiger charge is -2.14. The first-order valence-electron chi connectivity index (χ1n) is 5.83. The topological polar surface area (TPSA) is 56.7 Å². The van der Waals surface area contributed by atoms with Gasteiger partial charge in [0.15, 0.2) is 5.65 Å². The number of imidazole rings is 1. The normalized spacial score (nSPS) is 11.4. The van der Waals surface area contributed by atoms with E-state index in [0.717, 1.165) is 30.6 Å². The summed E-state index contributed by atoms with van der Waals surface area (Å²) < 4.78 is 2.02. The molecule has 0 aromatic carbocycles. The number of anilines is 1. The Kier molecular flexibility index (Phi) is 3.08. The van der Waals surface area contributed by atoms with Crippen LogP contribution in [0.4, 0.5) is 5.95 Å². The van der Waals surface area contributed by atoms with Gasteiger partial charge in [0.1, 0.15) is 5.52 Å². The van der Waals surface area contributed by atoms with Crippen LogP contribution in [0.25, 0.3) is 11.2 Å². The second-order valence-corrected chi connectivity index (χ2v) is 4.11. The molecule has 86 valence electrons. The molecule has 0 spiro atoms. The molecule has 0 aliphatic heterocycles. The van der Waals surface area contributed by atoms with Crippen LogP contribution in [0.2, 0.25) is 0 Å². The molecular weight excluding hydrogens is 200 g/mol. The molecule has 2 heterocycles. The minimum absolute atomic E-state index is 0.570. The van der Waals surface area contributed by atoms with Gasteiger partial charge in [-0.05, 0) is 18.1 Å². The van der Waals surface area contributed by atoms with Crippen molar-refractivity contribution < 1.29 is 0 Å². The molecule has 2 aromatic rings. The van der Waals surface area contributed by atoms with E-state index in [2.05, 4.69) is 23.8 Å². The maximum absolute atomic E-state index is 5.92. The molecule has 0 unspecified atom stereocenters. The van der Waals surface area contributed by atoms with Gasteiger partial charge in [0.05, 0.1) is 0 Å². The van der Waals surface area contributed by atoms with Crippen LogP contribution in [0.1, 0.15) is 26.7 Å². The predicted molar refractivity (Wildman–Crippen MR) is 66.0 cm³/mol. The SMILES string of the molecule is CCC(CC)Cn1c(N)nc2cccnc21. The van der Waals surface area contributed by atoms with Gasteiger partial charge in [-0.25, -0.2) is 9.97 Å². The highest BCUT2D eigenvalue weighted by atomic mass is 15.2. The first-order valence-corrected chi connectivity index (χ1v) is 5.83. The molecule has 0 saturated carbocycles. The quantitative estimate of drug-likeness (QED) is 0.857. The van der Waals surface area contributed by atoms with Crippen molar-refractivity contribution in [2.24, 2.45) is 5.92 Å². The maximum Gasteiger partial charge on any atom is 0.202 e. The van der Waals surface area contributed by atoms with E-state index in [1.165, 1.54) is 0 Å². The molecule has 16 heavy (non-hydrogen) atoms. The summed E-state index contributed by atoms with van der Waals surface area (Å²) in [5, 5.41) is 0. The van der Waals surface area contributed by atoms with Crippen LogP contribution >= 0.6 is 0 Å². The number of hydrogen-bond acceptors (Lipinski definition) is 3. The predicted octanol–water partition coefficient (Wildman–Crippen LogP) is 2.45. The van der Waals surface area contributed by atoms with Crippen molar-refractivity contribution >= 4 is 17.1 Å². The Balaban J connectivity index is 2.39. The van der Waals surface area contributed by atoms with Gasteiger partial charge >= 0.3 is 0 Å². The molecule has 0 radical (unpaired) electrons. The Morgan fingerprint density at radius 1 is 1.38 bits per heavy atom. The molecule has 2 N–H and O–H groups in total. The Morgan fingerprint density at radius 2 is 2.12 bits per heavy atom. The third kappa shape index (κ3) is 1.87. The van der Waals surface area contributed by atoms with Gasteiger partial charge in [0.25, 0.3) is 0 Å². The summed E-state index contributed by atoms with van der Waals surface area (Å²) in [6, 6.07) is 3.83. The molecule has 4 nitrogen and oxygen atoms in total. The van der Waals surface area contributed by atoms with Crippen molar-refractivity contribution in [3.05, 3.63) is 18.3 Å². The Hall–Kier alpha value is -1.58. The molecule has 0 fully saturated rings. The average Bonchev–Trinajstić information content (AvgIpc) is 2.62. The van der Waals surface area contributed by atoms with Crippen molar-refractivity contribution in [1.82, 2.24) is 14.5 Å². The lowest BCUT2D eigenvalue weighted by atomic mass is 10.0. The average molecular weight is 218 g/mol. The van der Waals surface area contributed by atoms with Gasteiger partial charge in [-0.15, -0.1) is 0 Å². The lowest BCUT2D eigenvalue weighted by molar-refractivity contribution is 0.426. The maximum atomic E-state index is 5.92. The van der Waals surface area contributed by atoms with Crippen LogP contribution in [-0.4, -0.2) is 14.5 Å². The van der Waals surface area contributed by atoms with Crippen molar-refractivity contribution in [3.63, 3.8) is 0 Å². The Bertz CT molecular complexity index is 471. The molecule has 0 saturated heterocycles. The molecule has 0 atom stereocenters. The van der Waals surface area contributed by atoms with E-state index in [-0.39, 0.29) is 0 Å². The number of aromatic nitrogens is 3. The van der Waals surface area contributed by atoms with Crippen molar-refractivity contribution in [3.8, 4) is 0 Å². The zero-order chi connectivity index (χ0) is 11.5. The van der Waals surface area contributed by atoms with Gasteiger partial charge < -0.3 is 5.73 Å². The van der Waals surface area contributed by atoms with Crippen molar-refractivity contribution in [1.29, 1.82) is 0 Å². The minimum Gasteiger partial charge on any atom is -0.369 e. The number of rotatable bonds is 4. The fraction of sp³-hybridized carbons (Fsp3) is 0.500. The van der Waals surface area contributed by atoms with Crippen molar-refractivity contribution in [2.75, 3.05) is 5.73 Å². The van der Waals surface area contributed by atoms with Gasteiger partial charge in [0.2, 0.25) is 5.95 Å². The fourth-order valence-corrected chi connectivity index (χ4v) is 1.96. The van der Waals surface area contributed by atoms with Crippen LogP contribution in [0.15, 0.2) is 18.3 Å². The van der Waals surface area contributed by atoms with Crippen LogP contribution in [-0.2, 0) is 6.54 Å². The summed E-state index contributed by atoms with van der Waals surface area (Å²) in [4.78, 5) is 8.66. The number of nitrogen functional groups attached to an aromatic ring is 1. The van der Waals surface area contributed by atoms with Crippen LogP contribution < -0.4 is 5.73 Å². The first kappa shape index (κ1) is 10.9. The van der Waals surface area contributed by atoms with Gasteiger partial charge in [-0.2, -0.15) is 0 Å². The second-order valence-electron chi connectivity index (χ2n) is 4.11. The zero-order valence-electron chi connectivity index (χ0n) is 9.85. The number of nitrogens with zero attached hydrogens (tertiary/aromatic N) is 3. The van der Waals surface area contributed by atoms with E-state index >= 15 is 0 Å². The van der Waals surface area contributed by atoms with E-state index in [1.807, 2.05) is 16.7 Å². The summed E-state index contributed by atoms with van der Waals surface area (Å²) in [5.41, 5.74) is 7.70. The van der Waals surface area contributed by atoms with Gasteiger partial charge in [0, 0.05) is 12.7 Å². The highest BCUT2D eigenvalue weighted by Gasteiger charge is 2.12. The highest BCUT2D eigenvalue weighted by Crippen LogP contribution is 2.19. The number of hydrogen-bond donors (Lipinski definition) is 1. The van der Waals surface area contributed by atoms with Crippen molar-refractivity contribution in [2.45, 2.75) is 33.2 Å². The lowest BCUT2D eigenvalue weighted by Crippen LogP contribution is -2.12. The van der Waals surface area contributed by atoms with Gasteiger partial charge in [-0.1, -0.05) is 26.7 Å². The molecule has 0 bridgehead atoms. The van der Waals surface area contributed by atoms with Crippen LogP contribution in [0.3, 0.4) is 0 Å². The summed E-state index contributed by atoms with van der Waals surface area (Å²) in [7, 11) is 0. The smallest absolute Gasteiger partial charge is 0.202 e. The molecule has 0 aliphatic carbocycles. The Morgan fingerprint density at radius 3 is 2.81 bits per heavy atom. The first-order chi connectivity index (χ1) is 7.76. The monoisotopic (exact) mass is 218 g/mol. The standard InChI is InChI=1S/C12H18N4/c1-3-9(4-2)8-16-11-10(15-12(16)13)6-5-7-14-11/h5-7,9H,3-4,8H2,1-2H3,(H2,13,15). The van der Waals surface area contributed by atoms with Gasteiger partial charge in [-0.3, -0.25) is 4.57 Å². The Labute approximate surface area is 95.5 Å². The number of fused-ring (bicyclic) bond motifs is 1. The molecule has 2 aromatic heterocycles. The van der Waals surface area contributed by atoms with E-state index in [1.54, 1.807) is 6.20 Å². The minimum atomic E-state index is 0.570. The largest absolute Gasteiger partial charge is 0.369 e. The zero-order valence-corrected chi connectivity index (χ0v) is 9.85. The number of pyridine rings is 1. The van der Waals surface area contributed by atoms with E-state index in [0.29, 0.717) is 11.9 Å². The van der Waals surface area contributed by atoms with Crippen LogP contribution in [0.5, 0.6) is 0 Å². The summed E-state index contributed by atoms with van der Waals surface area (Å²) in [5.74, 6) is 1.21. The van der Waals surface area contributed by atoms with E-state index in [4.69, 9.17) is 5.73 Å². The molecule has 2 rings (SSSR count). The van der Waals surface area contributed by atoms with E-state index < -0.39 is 0 Å². The highest BCUT2D eigenvalue weighted by molar-refractivity contribution is 5.73. The summed E-state index contributed by atoms with van der Waals surface area (Å²) in [6.07, 6.45) is 4.09. The fourth-order valence-electron chi connectivity index (χ4n) is 1.96.